The molecule has 0 aromatic heterocycles. The van der Waals surface area contributed by atoms with Crippen LogP contribution in [0.5, 0.6) is 0 Å². The third-order valence-corrected chi connectivity index (χ3v) is 6.07. The molecule has 2 amide bonds. The van der Waals surface area contributed by atoms with Gasteiger partial charge in [0.25, 0.3) is 0 Å². The second-order valence-electron chi connectivity index (χ2n) is 5.96. The van der Waals surface area contributed by atoms with E-state index in [-0.39, 0.29) is 18.5 Å². The third kappa shape index (κ3) is 2.48. The zero-order valence-corrected chi connectivity index (χ0v) is 14.2. The van der Waals surface area contributed by atoms with Crippen molar-refractivity contribution in [3.8, 4) is 0 Å². The summed E-state index contributed by atoms with van der Waals surface area (Å²) in [4.78, 5) is 25.7. The minimum atomic E-state index is -0.786. The number of rotatable bonds is 2. The Morgan fingerprint density at radius 1 is 1.45 bits per heavy atom. The molecule has 22 heavy (non-hydrogen) atoms. The second kappa shape index (κ2) is 5.74. The molecule has 5 nitrogen and oxygen atoms in total. The average Bonchev–Trinajstić information content (AvgIpc) is 3.01. The number of anilines is 1. The zero-order chi connectivity index (χ0) is 15.9. The predicted octanol–water partition coefficient (Wildman–Crippen LogP) is 3.82. The molecule has 1 aliphatic heterocycles. The van der Waals surface area contributed by atoms with Crippen molar-refractivity contribution in [1.29, 1.82) is 0 Å². The molecule has 0 spiro atoms. The van der Waals surface area contributed by atoms with Crippen molar-refractivity contribution < 1.29 is 14.7 Å². The largest absolute Gasteiger partial charge is 0.481 e. The van der Waals surface area contributed by atoms with E-state index >= 15 is 0 Å². The number of likely N-dealkylation sites (tertiary alicyclic amines) is 1. The Morgan fingerprint density at radius 2 is 2.23 bits per heavy atom. The van der Waals surface area contributed by atoms with Crippen LogP contribution in [0.1, 0.15) is 19.3 Å². The Balaban J connectivity index is 1.75. The molecule has 2 fully saturated rings. The fourth-order valence-electron chi connectivity index (χ4n) is 3.59. The van der Waals surface area contributed by atoms with Crippen LogP contribution in [0, 0.1) is 11.3 Å². The standard InChI is InChI=1S/C15H16BrClN2O3/c16-10-4-1-5-11(12(10)17)18-14(22)19-7-9-3-2-6-15(9,8-19)13(20)21/h1,4-5,9H,2-3,6-8H2,(H,18,22)(H,20,21)/t9-,15+/m0/s1. The van der Waals surface area contributed by atoms with Gasteiger partial charge in [0.2, 0.25) is 0 Å². The Morgan fingerprint density at radius 3 is 2.91 bits per heavy atom. The number of nitrogens with zero attached hydrogens (tertiary/aromatic N) is 1. The van der Waals surface area contributed by atoms with Crippen molar-refractivity contribution in [3.63, 3.8) is 0 Å². The van der Waals surface area contributed by atoms with Gasteiger partial charge in [-0.3, -0.25) is 4.79 Å². The van der Waals surface area contributed by atoms with Gasteiger partial charge in [0.05, 0.1) is 16.1 Å². The lowest BCUT2D eigenvalue weighted by molar-refractivity contribution is -0.149. The number of nitrogens with one attached hydrogen (secondary N) is 1. The summed E-state index contributed by atoms with van der Waals surface area (Å²) in [6.07, 6.45) is 2.44. The molecule has 1 saturated heterocycles. The lowest BCUT2D eigenvalue weighted by atomic mass is 9.81. The molecular weight excluding hydrogens is 372 g/mol. The van der Waals surface area contributed by atoms with E-state index in [1.54, 1.807) is 23.1 Å². The van der Waals surface area contributed by atoms with E-state index < -0.39 is 11.4 Å². The molecule has 1 aromatic carbocycles. The monoisotopic (exact) mass is 386 g/mol. The summed E-state index contributed by atoms with van der Waals surface area (Å²) in [6.45, 7) is 0.758. The van der Waals surface area contributed by atoms with Gasteiger partial charge in [-0.05, 0) is 46.8 Å². The molecule has 118 valence electrons. The highest BCUT2D eigenvalue weighted by Gasteiger charge is 2.55. The first kappa shape index (κ1) is 15.6. The van der Waals surface area contributed by atoms with E-state index in [4.69, 9.17) is 11.6 Å². The predicted molar refractivity (Wildman–Crippen MR) is 87.2 cm³/mol. The quantitative estimate of drug-likeness (QED) is 0.810. The van der Waals surface area contributed by atoms with E-state index in [0.717, 1.165) is 12.8 Å². The first-order chi connectivity index (χ1) is 10.4. The van der Waals surface area contributed by atoms with Crippen LogP contribution in [-0.4, -0.2) is 35.1 Å². The first-order valence-corrected chi connectivity index (χ1v) is 8.34. The van der Waals surface area contributed by atoms with Gasteiger partial charge >= 0.3 is 12.0 Å². The van der Waals surface area contributed by atoms with Crippen LogP contribution in [0.4, 0.5) is 10.5 Å². The first-order valence-electron chi connectivity index (χ1n) is 7.17. The van der Waals surface area contributed by atoms with Crippen molar-refractivity contribution in [3.05, 3.63) is 27.7 Å². The van der Waals surface area contributed by atoms with Crippen molar-refractivity contribution >= 4 is 45.2 Å². The molecule has 3 rings (SSSR count). The molecular formula is C15H16BrClN2O3. The third-order valence-electron chi connectivity index (χ3n) is 4.78. The van der Waals surface area contributed by atoms with Gasteiger partial charge in [0, 0.05) is 17.6 Å². The van der Waals surface area contributed by atoms with E-state index in [0.29, 0.717) is 28.1 Å². The number of fused-ring (bicyclic) bond motifs is 1. The highest BCUT2D eigenvalue weighted by Crippen LogP contribution is 2.49. The lowest BCUT2D eigenvalue weighted by Gasteiger charge is -2.23. The molecule has 2 N–H and O–H groups in total. The molecule has 1 heterocycles. The summed E-state index contributed by atoms with van der Waals surface area (Å²) in [5.41, 5.74) is -0.249. The smallest absolute Gasteiger partial charge is 0.321 e. The van der Waals surface area contributed by atoms with Crippen LogP contribution in [0.15, 0.2) is 22.7 Å². The topological polar surface area (TPSA) is 69.6 Å². The molecule has 2 aliphatic rings. The average molecular weight is 388 g/mol. The number of carbonyl (C=O) groups excluding carboxylic acids is 1. The maximum absolute atomic E-state index is 12.4. The second-order valence-corrected chi connectivity index (χ2v) is 7.19. The minimum Gasteiger partial charge on any atom is -0.481 e. The van der Waals surface area contributed by atoms with Crippen LogP contribution in [-0.2, 0) is 4.79 Å². The van der Waals surface area contributed by atoms with Crippen molar-refractivity contribution in [2.45, 2.75) is 19.3 Å². The Hall–Kier alpha value is -1.27. The summed E-state index contributed by atoms with van der Waals surface area (Å²) in [7, 11) is 0. The highest BCUT2D eigenvalue weighted by atomic mass is 79.9. The molecule has 0 radical (unpaired) electrons. The van der Waals surface area contributed by atoms with Crippen molar-refractivity contribution in [1.82, 2.24) is 4.90 Å². The minimum absolute atomic E-state index is 0.0498. The molecule has 7 heteroatoms. The molecule has 1 aromatic rings. The van der Waals surface area contributed by atoms with Crippen LogP contribution in [0.25, 0.3) is 0 Å². The molecule has 0 unspecified atom stereocenters. The van der Waals surface area contributed by atoms with Crippen LogP contribution in [0.2, 0.25) is 5.02 Å². The number of carbonyl (C=O) groups is 2. The highest BCUT2D eigenvalue weighted by molar-refractivity contribution is 9.10. The van der Waals surface area contributed by atoms with Crippen LogP contribution < -0.4 is 5.32 Å². The summed E-state index contributed by atoms with van der Waals surface area (Å²) >= 11 is 9.46. The number of carboxylic acids is 1. The SMILES string of the molecule is O=C(Nc1cccc(Br)c1Cl)N1C[C@@H]2CCC[C@@]2(C(=O)O)C1. The number of urea groups is 1. The van der Waals surface area contributed by atoms with E-state index in [1.807, 2.05) is 0 Å². The maximum atomic E-state index is 12.4. The number of benzene rings is 1. The maximum Gasteiger partial charge on any atom is 0.321 e. The number of aliphatic carboxylic acids is 1. The summed E-state index contributed by atoms with van der Waals surface area (Å²) in [6, 6.07) is 4.99. The van der Waals surface area contributed by atoms with Gasteiger partial charge < -0.3 is 15.3 Å². The molecule has 1 aliphatic carbocycles. The Labute approximate surface area is 141 Å². The van der Waals surface area contributed by atoms with Crippen molar-refractivity contribution in [2.24, 2.45) is 11.3 Å². The van der Waals surface area contributed by atoms with E-state index in [2.05, 4.69) is 21.2 Å². The van der Waals surface area contributed by atoms with Gasteiger partial charge in [-0.15, -0.1) is 0 Å². The zero-order valence-electron chi connectivity index (χ0n) is 11.8. The molecule has 0 bridgehead atoms. The molecule has 1 saturated carbocycles. The van der Waals surface area contributed by atoms with Gasteiger partial charge in [-0.25, -0.2) is 4.79 Å². The number of hydrogen-bond donors (Lipinski definition) is 2. The normalized spacial score (nSPS) is 26.8. The van der Waals surface area contributed by atoms with Crippen molar-refractivity contribution in [2.75, 3.05) is 18.4 Å². The van der Waals surface area contributed by atoms with E-state index in [9.17, 15) is 14.7 Å². The lowest BCUT2D eigenvalue weighted by Crippen LogP contribution is -2.38. The van der Waals surface area contributed by atoms with Gasteiger partial charge in [0.15, 0.2) is 0 Å². The van der Waals surface area contributed by atoms with Gasteiger partial charge in [-0.1, -0.05) is 24.1 Å². The summed E-state index contributed by atoms with van der Waals surface area (Å²) < 4.78 is 0.701. The fourth-order valence-corrected chi connectivity index (χ4v) is 4.13. The fraction of sp³-hybridized carbons (Fsp3) is 0.467. The van der Waals surface area contributed by atoms with E-state index in [1.165, 1.54) is 0 Å². The molecule has 2 atom stereocenters. The Bertz CT molecular complexity index is 639. The number of hydrogen-bond acceptors (Lipinski definition) is 2. The number of carboxylic acid groups (broad SMARTS) is 1. The Kier molecular flexibility index (Phi) is 4.07. The van der Waals surface area contributed by atoms with Gasteiger partial charge in [0.1, 0.15) is 0 Å². The van der Waals surface area contributed by atoms with Crippen LogP contribution in [0.3, 0.4) is 0 Å². The summed E-state index contributed by atoms with van der Waals surface area (Å²) in [5.74, 6) is -0.737. The van der Waals surface area contributed by atoms with Gasteiger partial charge in [-0.2, -0.15) is 0 Å². The summed E-state index contributed by atoms with van der Waals surface area (Å²) in [5, 5.41) is 12.8. The number of halogens is 2. The number of amides is 2. The van der Waals surface area contributed by atoms with Crippen LogP contribution >= 0.6 is 27.5 Å².